The topological polar surface area (TPSA) is 69.0 Å². The summed E-state index contributed by atoms with van der Waals surface area (Å²) in [4.78, 5) is 22.7. The Labute approximate surface area is 144 Å². The number of nitrogens with zero attached hydrogens (tertiary/aromatic N) is 3. The van der Waals surface area contributed by atoms with E-state index in [1.807, 2.05) is 47.4 Å². The predicted molar refractivity (Wildman–Crippen MR) is 85.3 cm³/mol. The summed E-state index contributed by atoms with van der Waals surface area (Å²) in [6.45, 7) is 2.16. The molecule has 0 unspecified atom stereocenters. The molecule has 0 spiro atoms. The number of para-hydroxylation sites is 2. The van der Waals surface area contributed by atoms with Crippen LogP contribution < -0.4 is 17.0 Å². The van der Waals surface area contributed by atoms with Crippen molar-refractivity contribution in [3.8, 4) is 0 Å². The van der Waals surface area contributed by atoms with Crippen LogP contribution in [0.5, 0.6) is 0 Å². The van der Waals surface area contributed by atoms with E-state index in [1.54, 1.807) is 0 Å². The molecule has 124 valence electrons. The van der Waals surface area contributed by atoms with Crippen LogP contribution in [0.1, 0.15) is 16.2 Å². The normalized spacial score (nSPS) is 10.4. The van der Waals surface area contributed by atoms with Crippen molar-refractivity contribution in [2.75, 3.05) is 0 Å². The highest BCUT2D eigenvalue weighted by Crippen LogP contribution is 2.16. The van der Waals surface area contributed by atoms with Gasteiger partial charge in [0.05, 0.1) is 12.0 Å². The number of aromatic nitrogens is 2. The molecule has 1 heterocycles. The summed E-state index contributed by atoms with van der Waals surface area (Å²) in [7, 11) is 1.96. The van der Waals surface area contributed by atoms with Gasteiger partial charge in [0.2, 0.25) is 5.78 Å². The van der Waals surface area contributed by atoms with Gasteiger partial charge in [-0.2, -0.15) is 0 Å². The lowest BCUT2D eigenvalue weighted by Crippen LogP contribution is -3.00. The van der Waals surface area contributed by atoms with Crippen molar-refractivity contribution in [1.29, 1.82) is 0 Å². The second-order valence-corrected chi connectivity index (χ2v) is 5.41. The second kappa shape index (κ2) is 6.80. The zero-order chi connectivity index (χ0) is 16.6. The highest BCUT2D eigenvalue weighted by atomic mass is 35.5. The van der Waals surface area contributed by atoms with Gasteiger partial charge in [0, 0.05) is 24.6 Å². The van der Waals surface area contributed by atoms with Crippen LogP contribution in [0, 0.1) is 17.0 Å². The Balaban J connectivity index is 0.00000208. The van der Waals surface area contributed by atoms with E-state index in [1.165, 1.54) is 24.3 Å². The molecule has 0 fully saturated rings. The molecule has 2 aromatic carbocycles. The largest absolute Gasteiger partial charge is 1.00 e. The lowest BCUT2D eigenvalue weighted by atomic mass is 10.1. The van der Waals surface area contributed by atoms with Gasteiger partial charge in [-0.3, -0.25) is 14.9 Å². The third-order valence-corrected chi connectivity index (χ3v) is 4.11. The van der Waals surface area contributed by atoms with Gasteiger partial charge in [-0.1, -0.05) is 12.1 Å². The molecule has 0 saturated heterocycles. The number of nitro groups is 1. The van der Waals surface area contributed by atoms with Crippen molar-refractivity contribution in [3.05, 3.63) is 70.0 Å². The first-order chi connectivity index (χ1) is 11.0. The molecule has 0 N–H and O–H groups in total. The molecule has 24 heavy (non-hydrogen) atoms. The van der Waals surface area contributed by atoms with E-state index in [4.69, 9.17) is 0 Å². The van der Waals surface area contributed by atoms with E-state index in [-0.39, 0.29) is 30.4 Å². The molecule has 0 atom stereocenters. The smallest absolute Gasteiger partial charge is 0.269 e. The second-order valence-electron chi connectivity index (χ2n) is 5.41. The predicted octanol–water partition coefficient (Wildman–Crippen LogP) is -0.431. The number of hydrogen-bond donors (Lipinski definition) is 0. The molecule has 0 amide bonds. The maximum absolute atomic E-state index is 12.5. The fourth-order valence-corrected chi connectivity index (χ4v) is 2.71. The molecule has 0 saturated carbocycles. The van der Waals surface area contributed by atoms with E-state index in [9.17, 15) is 14.9 Å². The summed E-state index contributed by atoms with van der Waals surface area (Å²) in [5, 5.41) is 10.7. The van der Waals surface area contributed by atoms with Gasteiger partial charge < -0.3 is 12.4 Å². The number of halogens is 1. The molecule has 0 aliphatic rings. The van der Waals surface area contributed by atoms with Gasteiger partial charge in [0.1, 0.15) is 0 Å². The average Bonchev–Trinajstić information content (AvgIpc) is 2.80. The number of benzene rings is 2. The van der Waals surface area contributed by atoms with Gasteiger partial charge >= 0.3 is 0 Å². The number of carbonyl (C=O) groups is 1. The lowest BCUT2D eigenvalue weighted by Gasteiger charge is -2.01. The van der Waals surface area contributed by atoms with Crippen LogP contribution in [-0.4, -0.2) is 15.3 Å². The minimum atomic E-state index is -0.474. The minimum absolute atomic E-state index is 0. The third kappa shape index (κ3) is 3.00. The summed E-state index contributed by atoms with van der Waals surface area (Å²) in [5.41, 5.74) is 2.50. The molecule has 6 nitrogen and oxygen atoms in total. The number of fused-ring (bicyclic) bond motifs is 1. The number of hydrogen-bond acceptors (Lipinski definition) is 3. The summed E-state index contributed by atoms with van der Waals surface area (Å²) >= 11 is 0. The Kier molecular flexibility index (Phi) is 4.99. The molecule has 3 rings (SSSR count). The van der Waals surface area contributed by atoms with Crippen LogP contribution in [-0.2, 0) is 13.6 Å². The van der Waals surface area contributed by atoms with Gasteiger partial charge in [-0.05, 0) is 24.3 Å². The Morgan fingerprint density at radius 3 is 2.42 bits per heavy atom. The van der Waals surface area contributed by atoms with Crippen LogP contribution in [0.15, 0.2) is 48.5 Å². The molecule has 0 bridgehead atoms. The van der Waals surface area contributed by atoms with E-state index < -0.39 is 4.92 Å². The van der Waals surface area contributed by atoms with Gasteiger partial charge in [-0.25, -0.2) is 9.13 Å². The number of ketones is 1. The number of aryl methyl sites for hydroxylation is 1. The summed E-state index contributed by atoms with van der Waals surface area (Å²) in [6, 6.07) is 13.6. The first-order valence-corrected chi connectivity index (χ1v) is 7.20. The zero-order valence-corrected chi connectivity index (χ0v) is 14.0. The molecule has 3 aromatic rings. The van der Waals surface area contributed by atoms with Gasteiger partial charge in [0.15, 0.2) is 17.6 Å². The van der Waals surface area contributed by atoms with Crippen LogP contribution >= 0.6 is 0 Å². The third-order valence-electron chi connectivity index (χ3n) is 4.11. The SMILES string of the molecule is Cc1n(CC(=O)c2ccc([N+](=O)[O-])cc2)c2ccccc2[n+]1C.[Cl-]. The first-order valence-electron chi connectivity index (χ1n) is 7.20. The van der Waals surface area contributed by atoms with E-state index in [0.717, 1.165) is 16.9 Å². The van der Waals surface area contributed by atoms with Crippen LogP contribution in [0.25, 0.3) is 11.0 Å². The fraction of sp³-hybridized carbons (Fsp3) is 0.176. The lowest BCUT2D eigenvalue weighted by molar-refractivity contribution is -0.652. The van der Waals surface area contributed by atoms with Crippen LogP contribution in [0.4, 0.5) is 5.69 Å². The molecule has 1 aromatic heterocycles. The Hall–Kier alpha value is -2.73. The number of Topliss-reactive ketones (excluding diaryl/α,β-unsaturated/α-hetero) is 1. The Morgan fingerprint density at radius 2 is 1.79 bits per heavy atom. The van der Waals surface area contributed by atoms with Crippen molar-refractivity contribution in [3.63, 3.8) is 0 Å². The van der Waals surface area contributed by atoms with Gasteiger partial charge in [-0.15, -0.1) is 0 Å². The van der Waals surface area contributed by atoms with Crippen LogP contribution in [0.2, 0.25) is 0 Å². The highest BCUT2D eigenvalue weighted by Gasteiger charge is 2.21. The van der Waals surface area contributed by atoms with E-state index in [0.29, 0.717) is 5.56 Å². The molecule has 0 aliphatic carbocycles. The monoisotopic (exact) mass is 345 g/mol. The van der Waals surface area contributed by atoms with Crippen molar-refractivity contribution in [2.24, 2.45) is 7.05 Å². The van der Waals surface area contributed by atoms with Gasteiger partial charge in [0.25, 0.3) is 11.5 Å². The number of carbonyl (C=O) groups excluding carboxylic acids is 1. The maximum Gasteiger partial charge on any atom is 0.269 e. The highest BCUT2D eigenvalue weighted by molar-refractivity contribution is 5.96. The number of rotatable bonds is 4. The quantitative estimate of drug-likeness (QED) is 0.279. The Morgan fingerprint density at radius 1 is 1.17 bits per heavy atom. The van der Waals surface area contributed by atoms with Crippen molar-refractivity contribution in [1.82, 2.24) is 4.57 Å². The van der Waals surface area contributed by atoms with Crippen LogP contribution in [0.3, 0.4) is 0 Å². The zero-order valence-electron chi connectivity index (χ0n) is 13.3. The maximum atomic E-state index is 12.5. The standard InChI is InChI=1S/C17H16N3O3.ClH/c1-12-18(2)15-5-3-4-6-16(15)19(12)11-17(21)13-7-9-14(10-8-13)20(22)23;/h3-10H,11H2,1-2H3;1H/q+1;/p-1. The summed E-state index contributed by atoms with van der Waals surface area (Å²) in [5.74, 6) is 0.894. The molecule has 7 heteroatoms. The first kappa shape index (κ1) is 17.6. The van der Waals surface area contributed by atoms with Crippen molar-refractivity contribution in [2.45, 2.75) is 13.5 Å². The minimum Gasteiger partial charge on any atom is -1.00 e. The van der Waals surface area contributed by atoms with Crippen molar-refractivity contribution >= 4 is 22.5 Å². The molecule has 0 radical (unpaired) electrons. The van der Waals surface area contributed by atoms with E-state index >= 15 is 0 Å². The fourth-order valence-electron chi connectivity index (χ4n) is 2.71. The molecular weight excluding hydrogens is 330 g/mol. The average molecular weight is 346 g/mol. The molecule has 0 aliphatic heterocycles. The van der Waals surface area contributed by atoms with Crippen molar-refractivity contribution < 1.29 is 26.7 Å². The van der Waals surface area contributed by atoms with E-state index in [2.05, 4.69) is 0 Å². The summed E-state index contributed by atoms with van der Waals surface area (Å²) in [6.07, 6.45) is 0. The summed E-state index contributed by atoms with van der Waals surface area (Å²) < 4.78 is 4.00. The Bertz CT molecular complexity index is 917. The molecular formula is C17H16ClN3O3. The number of imidazole rings is 1. The number of non-ortho nitro benzene ring substituents is 1. The number of nitro benzene ring substituents is 1.